The summed E-state index contributed by atoms with van der Waals surface area (Å²) in [6.45, 7) is 3.28. The first-order valence-corrected chi connectivity index (χ1v) is 7.07. The standard InChI is InChI=1S/C15H23N3O2/c1-18-8-2-3-12(10-18)9-17-13-4-6-14(7-5-13)20-11-15(16)19/h4-7,12,17H,2-3,8-11H2,1H3,(H2,16,19). The minimum Gasteiger partial charge on any atom is -0.484 e. The highest BCUT2D eigenvalue weighted by Gasteiger charge is 2.16. The monoisotopic (exact) mass is 277 g/mol. The summed E-state index contributed by atoms with van der Waals surface area (Å²) < 4.78 is 5.22. The number of rotatable bonds is 6. The van der Waals surface area contributed by atoms with Crippen molar-refractivity contribution in [3.8, 4) is 5.75 Å². The fraction of sp³-hybridized carbons (Fsp3) is 0.533. The molecule has 0 aliphatic carbocycles. The van der Waals surface area contributed by atoms with E-state index in [1.165, 1.54) is 19.4 Å². The Bertz CT molecular complexity index is 433. The summed E-state index contributed by atoms with van der Waals surface area (Å²) in [5, 5.41) is 3.45. The zero-order valence-electron chi connectivity index (χ0n) is 12.0. The maximum absolute atomic E-state index is 10.6. The first-order valence-electron chi connectivity index (χ1n) is 7.07. The third-order valence-electron chi connectivity index (χ3n) is 3.55. The first kappa shape index (κ1) is 14.7. The number of amides is 1. The smallest absolute Gasteiger partial charge is 0.255 e. The van der Waals surface area contributed by atoms with Crippen molar-refractivity contribution in [1.29, 1.82) is 0 Å². The lowest BCUT2D eigenvalue weighted by Gasteiger charge is -2.29. The molecule has 20 heavy (non-hydrogen) atoms. The number of hydrogen-bond acceptors (Lipinski definition) is 4. The Morgan fingerprint density at radius 2 is 2.20 bits per heavy atom. The van der Waals surface area contributed by atoms with Gasteiger partial charge in [-0.05, 0) is 56.6 Å². The molecule has 1 atom stereocenters. The molecule has 2 rings (SSSR count). The zero-order valence-corrected chi connectivity index (χ0v) is 12.0. The second-order valence-electron chi connectivity index (χ2n) is 5.43. The molecule has 1 aliphatic rings. The van der Waals surface area contributed by atoms with Crippen LogP contribution in [-0.4, -0.2) is 44.1 Å². The normalized spacial score (nSPS) is 19.6. The van der Waals surface area contributed by atoms with E-state index in [0.717, 1.165) is 18.8 Å². The number of carbonyl (C=O) groups is 1. The maximum Gasteiger partial charge on any atom is 0.255 e. The lowest BCUT2D eigenvalue weighted by molar-refractivity contribution is -0.119. The topological polar surface area (TPSA) is 67.6 Å². The molecule has 1 heterocycles. The predicted molar refractivity (Wildman–Crippen MR) is 79.8 cm³/mol. The van der Waals surface area contributed by atoms with Crippen LogP contribution in [-0.2, 0) is 4.79 Å². The number of likely N-dealkylation sites (tertiary alicyclic amines) is 1. The van der Waals surface area contributed by atoms with E-state index >= 15 is 0 Å². The van der Waals surface area contributed by atoms with Crippen molar-refractivity contribution >= 4 is 11.6 Å². The largest absolute Gasteiger partial charge is 0.484 e. The van der Waals surface area contributed by atoms with Gasteiger partial charge in [0, 0.05) is 18.8 Å². The molecule has 5 nitrogen and oxygen atoms in total. The minimum absolute atomic E-state index is 0.0822. The molecule has 1 unspecified atom stereocenters. The fourth-order valence-electron chi connectivity index (χ4n) is 2.53. The maximum atomic E-state index is 10.6. The third-order valence-corrected chi connectivity index (χ3v) is 3.55. The molecule has 0 radical (unpaired) electrons. The Labute approximate surface area is 120 Å². The second kappa shape index (κ2) is 7.14. The van der Waals surface area contributed by atoms with E-state index in [1.807, 2.05) is 24.3 Å². The van der Waals surface area contributed by atoms with Crippen molar-refractivity contribution in [2.24, 2.45) is 11.7 Å². The van der Waals surface area contributed by atoms with Gasteiger partial charge in [0.05, 0.1) is 0 Å². The highest BCUT2D eigenvalue weighted by atomic mass is 16.5. The summed E-state index contributed by atoms with van der Waals surface area (Å²) in [7, 11) is 2.18. The van der Waals surface area contributed by atoms with Crippen molar-refractivity contribution in [2.75, 3.05) is 38.6 Å². The number of ether oxygens (including phenoxy) is 1. The van der Waals surface area contributed by atoms with Gasteiger partial charge in [0.25, 0.3) is 5.91 Å². The van der Waals surface area contributed by atoms with Gasteiger partial charge in [0.15, 0.2) is 6.61 Å². The van der Waals surface area contributed by atoms with E-state index in [2.05, 4.69) is 17.3 Å². The summed E-state index contributed by atoms with van der Waals surface area (Å²) in [5.41, 5.74) is 6.11. The summed E-state index contributed by atoms with van der Waals surface area (Å²) in [6.07, 6.45) is 2.57. The first-order chi connectivity index (χ1) is 9.63. The Balaban J connectivity index is 1.77. The van der Waals surface area contributed by atoms with E-state index in [0.29, 0.717) is 11.7 Å². The van der Waals surface area contributed by atoms with Crippen LogP contribution in [0.3, 0.4) is 0 Å². The fourth-order valence-corrected chi connectivity index (χ4v) is 2.53. The van der Waals surface area contributed by atoms with Crippen molar-refractivity contribution in [2.45, 2.75) is 12.8 Å². The number of hydrogen-bond donors (Lipinski definition) is 2. The van der Waals surface area contributed by atoms with E-state index in [4.69, 9.17) is 10.5 Å². The minimum atomic E-state index is -0.464. The molecule has 1 aromatic carbocycles. The van der Waals surface area contributed by atoms with Gasteiger partial charge in [0.2, 0.25) is 0 Å². The average Bonchev–Trinajstić information content (AvgIpc) is 2.44. The highest BCUT2D eigenvalue weighted by Crippen LogP contribution is 2.18. The van der Waals surface area contributed by atoms with E-state index in [-0.39, 0.29) is 6.61 Å². The lowest BCUT2D eigenvalue weighted by atomic mass is 9.98. The Morgan fingerprint density at radius 1 is 1.45 bits per heavy atom. The third kappa shape index (κ3) is 4.74. The Morgan fingerprint density at radius 3 is 2.85 bits per heavy atom. The van der Waals surface area contributed by atoms with Crippen molar-refractivity contribution in [1.82, 2.24) is 4.90 Å². The average molecular weight is 277 g/mol. The van der Waals surface area contributed by atoms with Gasteiger partial charge in [-0.2, -0.15) is 0 Å². The van der Waals surface area contributed by atoms with Crippen LogP contribution in [0.5, 0.6) is 5.75 Å². The molecule has 1 amide bonds. The van der Waals surface area contributed by atoms with Gasteiger partial charge < -0.3 is 20.7 Å². The molecule has 5 heteroatoms. The summed E-state index contributed by atoms with van der Waals surface area (Å²) in [5.74, 6) is 0.903. The zero-order chi connectivity index (χ0) is 14.4. The summed E-state index contributed by atoms with van der Waals surface area (Å²) in [6, 6.07) is 7.61. The molecule has 1 saturated heterocycles. The van der Waals surface area contributed by atoms with Crippen LogP contribution >= 0.6 is 0 Å². The molecule has 1 fully saturated rings. The number of anilines is 1. The molecular formula is C15H23N3O2. The second-order valence-corrected chi connectivity index (χ2v) is 5.43. The number of nitrogens with two attached hydrogens (primary N) is 1. The van der Waals surface area contributed by atoms with E-state index < -0.39 is 5.91 Å². The molecule has 0 bridgehead atoms. The van der Waals surface area contributed by atoms with Gasteiger partial charge in [-0.3, -0.25) is 4.79 Å². The number of nitrogens with one attached hydrogen (secondary N) is 1. The molecular weight excluding hydrogens is 254 g/mol. The highest BCUT2D eigenvalue weighted by molar-refractivity contribution is 5.75. The molecule has 0 saturated carbocycles. The van der Waals surface area contributed by atoms with Crippen molar-refractivity contribution in [3.05, 3.63) is 24.3 Å². The van der Waals surface area contributed by atoms with E-state index in [9.17, 15) is 4.79 Å². The van der Waals surface area contributed by atoms with Crippen LogP contribution in [0.1, 0.15) is 12.8 Å². The predicted octanol–water partition coefficient (Wildman–Crippen LogP) is 1.30. The molecule has 0 aromatic heterocycles. The van der Waals surface area contributed by atoms with Crippen LogP contribution in [0.4, 0.5) is 5.69 Å². The SMILES string of the molecule is CN1CCCC(CNc2ccc(OCC(N)=O)cc2)C1. The summed E-state index contributed by atoms with van der Waals surface area (Å²) in [4.78, 5) is 13.0. The van der Waals surface area contributed by atoms with Crippen molar-refractivity contribution < 1.29 is 9.53 Å². The summed E-state index contributed by atoms with van der Waals surface area (Å²) >= 11 is 0. The molecule has 3 N–H and O–H groups in total. The molecule has 110 valence electrons. The number of benzene rings is 1. The number of piperidine rings is 1. The van der Waals surface area contributed by atoms with Crippen LogP contribution in [0.25, 0.3) is 0 Å². The van der Waals surface area contributed by atoms with Crippen molar-refractivity contribution in [3.63, 3.8) is 0 Å². The van der Waals surface area contributed by atoms with Crippen LogP contribution in [0.15, 0.2) is 24.3 Å². The molecule has 1 aliphatic heterocycles. The number of carbonyl (C=O) groups excluding carboxylic acids is 1. The quantitative estimate of drug-likeness (QED) is 0.822. The van der Waals surface area contributed by atoms with Gasteiger partial charge in [-0.1, -0.05) is 0 Å². The van der Waals surface area contributed by atoms with Gasteiger partial charge in [0.1, 0.15) is 5.75 Å². The molecule has 0 spiro atoms. The lowest BCUT2D eigenvalue weighted by Crippen LogP contribution is -2.35. The van der Waals surface area contributed by atoms with Crippen LogP contribution < -0.4 is 15.8 Å². The molecule has 1 aromatic rings. The van der Waals surface area contributed by atoms with Gasteiger partial charge in [-0.25, -0.2) is 0 Å². The van der Waals surface area contributed by atoms with Crippen LogP contribution in [0.2, 0.25) is 0 Å². The Kier molecular flexibility index (Phi) is 5.24. The number of primary amides is 1. The van der Waals surface area contributed by atoms with Crippen LogP contribution in [0, 0.1) is 5.92 Å². The van der Waals surface area contributed by atoms with E-state index in [1.54, 1.807) is 0 Å². The number of nitrogens with zero attached hydrogens (tertiary/aromatic N) is 1. The van der Waals surface area contributed by atoms with Gasteiger partial charge >= 0.3 is 0 Å². The van der Waals surface area contributed by atoms with Gasteiger partial charge in [-0.15, -0.1) is 0 Å². The Hall–Kier alpha value is -1.75.